The lowest BCUT2D eigenvalue weighted by Gasteiger charge is -2.19. The van der Waals surface area contributed by atoms with Crippen LogP contribution in [0.25, 0.3) is 0 Å². The molecule has 2 aromatic rings. The monoisotopic (exact) mass is 350 g/mol. The molecule has 1 N–H and O–H groups in total. The first-order valence-corrected chi connectivity index (χ1v) is 7.61. The quantitative estimate of drug-likeness (QED) is 0.875. The Morgan fingerprint density at radius 1 is 1.10 bits per heavy atom. The third-order valence-electron chi connectivity index (χ3n) is 3.25. The average molecular weight is 351 g/mol. The molecule has 0 spiro atoms. The van der Waals surface area contributed by atoms with Gasteiger partial charge in [-0.2, -0.15) is 0 Å². The second-order valence-electron chi connectivity index (χ2n) is 4.76. The lowest BCUT2D eigenvalue weighted by Crippen LogP contribution is -2.06. The number of hydrogen-bond donors (Lipinski definition) is 1. The number of aliphatic hydroxyl groups excluding tert-OH is 1. The molecule has 0 fully saturated rings. The van der Waals surface area contributed by atoms with Crippen molar-refractivity contribution in [3.63, 3.8) is 0 Å². The van der Waals surface area contributed by atoms with Gasteiger partial charge in [-0.3, -0.25) is 0 Å². The second-order valence-corrected chi connectivity index (χ2v) is 5.68. The van der Waals surface area contributed by atoms with E-state index in [1.165, 1.54) is 0 Å². The predicted molar refractivity (Wildman–Crippen MR) is 87.1 cm³/mol. The van der Waals surface area contributed by atoms with Crippen LogP contribution < -0.4 is 9.47 Å². The molecule has 2 aromatic carbocycles. The number of halogens is 1. The van der Waals surface area contributed by atoms with Crippen LogP contribution in [0.3, 0.4) is 0 Å². The molecule has 0 aliphatic carbocycles. The van der Waals surface area contributed by atoms with E-state index in [0.29, 0.717) is 23.7 Å². The molecular formula is C17H19BrO3. The fraction of sp³-hybridized carbons (Fsp3) is 0.294. The molecule has 0 amide bonds. The minimum absolute atomic E-state index is 0.556. The van der Waals surface area contributed by atoms with E-state index in [0.717, 1.165) is 15.6 Å². The van der Waals surface area contributed by atoms with E-state index in [1.807, 2.05) is 50.2 Å². The summed E-state index contributed by atoms with van der Waals surface area (Å²) >= 11 is 3.41. The van der Waals surface area contributed by atoms with E-state index in [1.54, 1.807) is 7.11 Å². The minimum Gasteiger partial charge on any atom is -0.496 e. The SMILES string of the molecule is CCOc1ccc(C)cc1C(O)c1ccc(Br)cc1OC. The van der Waals surface area contributed by atoms with Gasteiger partial charge in [0.05, 0.1) is 13.7 Å². The number of aryl methyl sites for hydroxylation is 1. The molecule has 0 aliphatic heterocycles. The van der Waals surface area contributed by atoms with Gasteiger partial charge in [0.15, 0.2) is 0 Å². The summed E-state index contributed by atoms with van der Waals surface area (Å²) in [5.74, 6) is 1.33. The van der Waals surface area contributed by atoms with E-state index in [4.69, 9.17) is 9.47 Å². The molecule has 0 heterocycles. The van der Waals surface area contributed by atoms with Crippen molar-refractivity contribution in [2.24, 2.45) is 0 Å². The Kier molecular flexibility index (Phi) is 5.26. The van der Waals surface area contributed by atoms with Gasteiger partial charge in [-0.1, -0.05) is 33.6 Å². The summed E-state index contributed by atoms with van der Waals surface area (Å²) < 4.78 is 11.9. The number of benzene rings is 2. The molecule has 2 rings (SSSR count). The Morgan fingerprint density at radius 2 is 1.86 bits per heavy atom. The van der Waals surface area contributed by atoms with Gasteiger partial charge in [0.2, 0.25) is 0 Å². The van der Waals surface area contributed by atoms with Crippen LogP contribution in [0.15, 0.2) is 40.9 Å². The van der Waals surface area contributed by atoms with Crippen molar-refractivity contribution in [3.8, 4) is 11.5 Å². The summed E-state index contributed by atoms with van der Waals surface area (Å²) in [6.45, 7) is 4.47. The van der Waals surface area contributed by atoms with Gasteiger partial charge in [0, 0.05) is 15.6 Å². The minimum atomic E-state index is -0.797. The van der Waals surface area contributed by atoms with Crippen LogP contribution in [0, 0.1) is 6.92 Å². The number of hydrogen-bond acceptors (Lipinski definition) is 3. The maximum Gasteiger partial charge on any atom is 0.126 e. The average Bonchev–Trinajstić information content (AvgIpc) is 2.48. The fourth-order valence-corrected chi connectivity index (χ4v) is 2.59. The van der Waals surface area contributed by atoms with Crippen LogP contribution in [0.5, 0.6) is 11.5 Å². The van der Waals surface area contributed by atoms with E-state index >= 15 is 0 Å². The van der Waals surface area contributed by atoms with Crippen LogP contribution in [-0.2, 0) is 0 Å². The maximum atomic E-state index is 10.8. The van der Waals surface area contributed by atoms with Gasteiger partial charge in [-0.05, 0) is 38.1 Å². The third-order valence-corrected chi connectivity index (χ3v) is 3.74. The van der Waals surface area contributed by atoms with Gasteiger partial charge < -0.3 is 14.6 Å². The van der Waals surface area contributed by atoms with Gasteiger partial charge in [-0.15, -0.1) is 0 Å². The van der Waals surface area contributed by atoms with E-state index in [-0.39, 0.29) is 0 Å². The highest BCUT2D eigenvalue weighted by molar-refractivity contribution is 9.10. The van der Waals surface area contributed by atoms with Crippen molar-refractivity contribution < 1.29 is 14.6 Å². The Labute approximate surface area is 133 Å². The molecule has 1 unspecified atom stereocenters. The number of ether oxygens (including phenoxy) is 2. The molecule has 0 saturated heterocycles. The first kappa shape index (κ1) is 15.9. The summed E-state index contributed by atoms with van der Waals surface area (Å²) in [7, 11) is 1.59. The van der Waals surface area contributed by atoms with Gasteiger partial charge >= 0.3 is 0 Å². The molecule has 112 valence electrons. The highest BCUT2D eigenvalue weighted by Crippen LogP contribution is 2.36. The first-order chi connectivity index (χ1) is 10.1. The molecule has 4 heteroatoms. The third kappa shape index (κ3) is 3.57. The second kappa shape index (κ2) is 6.96. The number of rotatable bonds is 5. The smallest absolute Gasteiger partial charge is 0.126 e. The van der Waals surface area contributed by atoms with Crippen LogP contribution in [0.2, 0.25) is 0 Å². The van der Waals surface area contributed by atoms with Crippen molar-refractivity contribution >= 4 is 15.9 Å². The van der Waals surface area contributed by atoms with Crippen LogP contribution in [0.4, 0.5) is 0 Å². The van der Waals surface area contributed by atoms with Crippen molar-refractivity contribution in [1.29, 1.82) is 0 Å². The first-order valence-electron chi connectivity index (χ1n) is 6.81. The molecule has 0 radical (unpaired) electrons. The number of methoxy groups -OCH3 is 1. The summed E-state index contributed by atoms with van der Waals surface area (Å²) in [5.41, 5.74) is 2.54. The lowest BCUT2D eigenvalue weighted by molar-refractivity contribution is 0.207. The highest BCUT2D eigenvalue weighted by atomic mass is 79.9. The van der Waals surface area contributed by atoms with Crippen molar-refractivity contribution in [2.45, 2.75) is 20.0 Å². The molecule has 0 bridgehead atoms. The van der Waals surface area contributed by atoms with Gasteiger partial charge in [0.1, 0.15) is 17.6 Å². The van der Waals surface area contributed by atoms with Crippen molar-refractivity contribution in [1.82, 2.24) is 0 Å². The fourth-order valence-electron chi connectivity index (χ4n) is 2.25. The molecule has 0 saturated carbocycles. The Hall–Kier alpha value is -1.52. The molecule has 0 aliphatic rings. The molecule has 1 atom stereocenters. The normalized spacial score (nSPS) is 12.0. The molecule has 21 heavy (non-hydrogen) atoms. The van der Waals surface area contributed by atoms with Gasteiger partial charge in [-0.25, -0.2) is 0 Å². The van der Waals surface area contributed by atoms with E-state index in [9.17, 15) is 5.11 Å². The zero-order chi connectivity index (χ0) is 15.4. The number of aliphatic hydroxyl groups is 1. The highest BCUT2D eigenvalue weighted by Gasteiger charge is 2.19. The summed E-state index contributed by atoms with van der Waals surface area (Å²) in [6.07, 6.45) is -0.797. The largest absolute Gasteiger partial charge is 0.496 e. The molecule has 3 nitrogen and oxygen atoms in total. The van der Waals surface area contributed by atoms with Gasteiger partial charge in [0.25, 0.3) is 0 Å². The van der Waals surface area contributed by atoms with Crippen molar-refractivity contribution in [2.75, 3.05) is 13.7 Å². The summed E-state index contributed by atoms with van der Waals surface area (Å²) in [4.78, 5) is 0. The standard InChI is InChI=1S/C17H19BrO3/c1-4-21-15-8-5-11(2)9-14(15)17(19)13-7-6-12(18)10-16(13)20-3/h5-10,17,19H,4H2,1-3H3. The predicted octanol–water partition coefficient (Wildman–Crippen LogP) is 4.25. The zero-order valence-electron chi connectivity index (χ0n) is 12.4. The summed E-state index contributed by atoms with van der Waals surface area (Å²) in [5, 5.41) is 10.8. The Balaban J connectivity index is 2.48. The molecular weight excluding hydrogens is 332 g/mol. The topological polar surface area (TPSA) is 38.7 Å². The Morgan fingerprint density at radius 3 is 2.52 bits per heavy atom. The molecule has 0 aromatic heterocycles. The lowest BCUT2D eigenvalue weighted by atomic mass is 9.98. The van der Waals surface area contributed by atoms with E-state index < -0.39 is 6.10 Å². The Bertz CT molecular complexity index is 625. The van der Waals surface area contributed by atoms with Crippen LogP contribution in [-0.4, -0.2) is 18.8 Å². The van der Waals surface area contributed by atoms with Crippen molar-refractivity contribution in [3.05, 3.63) is 57.6 Å². The summed E-state index contributed by atoms with van der Waals surface area (Å²) in [6, 6.07) is 11.4. The maximum absolute atomic E-state index is 10.8. The van der Waals surface area contributed by atoms with E-state index in [2.05, 4.69) is 15.9 Å². The van der Waals surface area contributed by atoms with Crippen LogP contribution in [0.1, 0.15) is 29.7 Å². The zero-order valence-corrected chi connectivity index (χ0v) is 14.0. The van der Waals surface area contributed by atoms with Crippen LogP contribution >= 0.6 is 15.9 Å².